The maximum Gasteiger partial charge on any atom is 0.353 e. The van der Waals surface area contributed by atoms with Crippen molar-refractivity contribution in [2.24, 2.45) is 0 Å². The Labute approximate surface area is 165 Å². The van der Waals surface area contributed by atoms with E-state index < -0.39 is 4.92 Å². The lowest BCUT2D eigenvalue weighted by molar-refractivity contribution is -0.383. The third kappa shape index (κ3) is 4.27. The van der Waals surface area contributed by atoms with Crippen molar-refractivity contribution >= 4 is 51.9 Å². The number of aryl methyl sites for hydroxylation is 2. The molecule has 0 atom stereocenters. The van der Waals surface area contributed by atoms with Crippen LogP contribution in [-0.4, -0.2) is 14.9 Å². The van der Waals surface area contributed by atoms with Gasteiger partial charge in [-0.05, 0) is 61.4 Å². The van der Waals surface area contributed by atoms with E-state index in [2.05, 4.69) is 20.6 Å². The van der Waals surface area contributed by atoms with Crippen LogP contribution in [0.15, 0.2) is 42.7 Å². The van der Waals surface area contributed by atoms with Gasteiger partial charge in [-0.15, -0.1) is 0 Å². The summed E-state index contributed by atoms with van der Waals surface area (Å²) in [6.45, 7) is 3.69. The molecule has 1 heterocycles. The molecule has 138 valence electrons. The minimum atomic E-state index is -0.527. The predicted octanol–water partition coefficient (Wildman–Crippen LogP) is 5.80. The maximum atomic E-state index is 11.7. The van der Waals surface area contributed by atoms with Gasteiger partial charge in [0, 0.05) is 21.4 Å². The van der Waals surface area contributed by atoms with Crippen molar-refractivity contribution in [3.05, 3.63) is 74.0 Å². The zero-order valence-electron chi connectivity index (χ0n) is 14.5. The number of benzene rings is 2. The molecule has 1 aromatic heterocycles. The first-order chi connectivity index (χ1) is 12.8. The van der Waals surface area contributed by atoms with Crippen molar-refractivity contribution in [3.8, 4) is 0 Å². The van der Waals surface area contributed by atoms with Crippen LogP contribution in [0.2, 0.25) is 10.0 Å². The predicted molar refractivity (Wildman–Crippen MR) is 108 cm³/mol. The molecule has 0 saturated heterocycles. The van der Waals surface area contributed by atoms with Crippen LogP contribution in [0.3, 0.4) is 0 Å². The van der Waals surface area contributed by atoms with Gasteiger partial charge < -0.3 is 10.6 Å². The molecule has 0 radical (unpaired) electrons. The Morgan fingerprint density at radius 1 is 0.889 bits per heavy atom. The summed E-state index contributed by atoms with van der Waals surface area (Å²) in [5, 5.41) is 18.8. The Kier molecular flexibility index (Phi) is 5.43. The van der Waals surface area contributed by atoms with Crippen molar-refractivity contribution in [3.63, 3.8) is 0 Å². The van der Waals surface area contributed by atoms with Crippen molar-refractivity contribution in [1.29, 1.82) is 0 Å². The second kappa shape index (κ2) is 7.77. The van der Waals surface area contributed by atoms with Gasteiger partial charge in [-0.3, -0.25) is 10.1 Å². The van der Waals surface area contributed by atoms with Gasteiger partial charge in [0.15, 0.2) is 0 Å². The molecule has 7 nitrogen and oxygen atoms in total. The van der Waals surface area contributed by atoms with Gasteiger partial charge in [-0.2, -0.15) is 0 Å². The summed E-state index contributed by atoms with van der Waals surface area (Å²) >= 11 is 11.9. The van der Waals surface area contributed by atoms with Crippen molar-refractivity contribution < 1.29 is 4.92 Å². The minimum absolute atomic E-state index is 0.0783. The molecule has 0 aliphatic heterocycles. The van der Waals surface area contributed by atoms with E-state index in [1.165, 1.54) is 6.33 Å². The molecule has 9 heteroatoms. The average molecular weight is 404 g/mol. The van der Waals surface area contributed by atoms with Crippen LogP contribution < -0.4 is 10.6 Å². The molecule has 0 spiro atoms. The van der Waals surface area contributed by atoms with Crippen LogP contribution in [0, 0.1) is 24.0 Å². The lowest BCUT2D eigenvalue weighted by Gasteiger charge is -2.13. The highest BCUT2D eigenvalue weighted by Crippen LogP contribution is 2.35. The summed E-state index contributed by atoms with van der Waals surface area (Å²) in [4.78, 5) is 19.3. The van der Waals surface area contributed by atoms with Gasteiger partial charge in [0.2, 0.25) is 11.6 Å². The minimum Gasteiger partial charge on any atom is -0.334 e. The molecule has 27 heavy (non-hydrogen) atoms. The first-order valence-corrected chi connectivity index (χ1v) is 8.66. The fraction of sp³-hybridized carbons (Fsp3) is 0.111. The van der Waals surface area contributed by atoms with Crippen LogP contribution >= 0.6 is 23.2 Å². The van der Waals surface area contributed by atoms with Crippen LogP contribution in [0.1, 0.15) is 11.1 Å². The third-order valence-corrected chi connectivity index (χ3v) is 4.36. The van der Waals surface area contributed by atoms with Gasteiger partial charge in [0.25, 0.3) is 0 Å². The maximum absolute atomic E-state index is 11.7. The van der Waals surface area contributed by atoms with E-state index >= 15 is 0 Å². The summed E-state index contributed by atoms with van der Waals surface area (Å²) in [7, 11) is 0. The molecule has 0 aliphatic carbocycles. The van der Waals surface area contributed by atoms with Gasteiger partial charge in [0.1, 0.15) is 6.33 Å². The number of nitro groups is 1. The number of hydrogen-bond donors (Lipinski definition) is 2. The monoisotopic (exact) mass is 403 g/mol. The quantitative estimate of drug-likeness (QED) is 0.413. The molecule has 3 rings (SSSR count). The summed E-state index contributed by atoms with van der Waals surface area (Å²) in [6, 6.07) is 10.4. The fourth-order valence-electron chi connectivity index (χ4n) is 2.52. The highest BCUT2D eigenvalue weighted by molar-refractivity contribution is 6.31. The van der Waals surface area contributed by atoms with Crippen LogP contribution in [-0.2, 0) is 0 Å². The van der Waals surface area contributed by atoms with E-state index in [0.29, 0.717) is 21.4 Å². The molecule has 0 amide bonds. The Balaban J connectivity index is 2.01. The zero-order chi connectivity index (χ0) is 19.6. The molecule has 0 fully saturated rings. The number of hydrogen-bond acceptors (Lipinski definition) is 6. The Morgan fingerprint density at radius 2 is 1.33 bits per heavy atom. The number of nitrogens with zero attached hydrogens (tertiary/aromatic N) is 3. The van der Waals surface area contributed by atoms with Crippen LogP contribution in [0.25, 0.3) is 0 Å². The first kappa shape index (κ1) is 18.9. The number of rotatable bonds is 5. The van der Waals surface area contributed by atoms with E-state index in [4.69, 9.17) is 23.2 Å². The van der Waals surface area contributed by atoms with Gasteiger partial charge >= 0.3 is 5.69 Å². The SMILES string of the molecule is Cc1cc(Cl)ccc1Nc1ncnc(Nc2ccc(Cl)cc2C)c1[N+](=O)[O-]. The summed E-state index contributed by atoms with van der Waals surface area (Å²) in [5.74, 6) is 0.157. The average Bonchev–Trinajstić information content (AvgIpc) is 2.60. The van der Waals surface area contributed by atoms with Gasteiger partial charge in [-0.25, -0.2) is 9.97 Å². The summed E-state index contributed by atoms with van der Waals surface area (Å²) in [5.41, 5.74) is 2.72. The molecular weight excluding hydrogens is 389 g/mol. The smallest absolute Gasteiger partial charge is 0.334 e. The standard InChI is InChI=1S/C18H15Cl2N5O2/c1-10-7-12(19)3-5-14(10)23-17-16(25(26)27)18(22-9-21-17)24-15-6-4-13(20)8-11(15)2/h3-9H,1-2H3,(H2,21,22,23,24). The molecule has 2 N–H and O–H groups in total. The second-order valence-corrected chi connectivity index (χ2v) is 6.72. The van der Waals surface area contributed by atoms with Gasteiger partial charge in [0.05, 0.1) is 4.92 Å². The van der Waals surface area contributed by atoms with Crippen LogP contribution in [0.5, 0.6) is 0 Å². The molecule has 3 aromatic rings. The highest BCUT2D eigenvalue weighted by Gasteiger charge is 2.24. The fourth-order valence-corrected chi connectivity index (χ4v) is 2.98. The number of nitrogens with one attached hydrogen (secondary N) is 2. The largest absolute Gasteiger partial charge is 0.353 e. The van der Waals surface area contributed by atoms with Crippen molar-refractivity contribution in [1.82, 2.24) is 9.97 Å². The lowest BCUT2D eigenvalue weighted by Crippen LogP contribution is -2.06. The first-order valence-electron chi connectivity index (χ1n) is 7.91. The molecule has 0 aliphatic rings. The molecule has 2 aromatic carbocycles. The van der Waals surface area contributed by atoms with E-state index in [1.807, 2.05) is 13.8 Å². The van der Waals surface area contributed by atoms with Crippen molar-refractivity contribution in [2.75, 3.05) is 10.6 Å². The normalized spacial score (nSPS) is 10.5. The molecule has 0 unspecified atom stereocenters. The molecule has 0 bridgehead atoms. The topological polar surface area (TPSA) is 93.0 Å². The van der Waals surface area contributed by atoms with Gasteiger partial charge in [-0.1, -0.05) is 23.2 Å². The van der Waals surface area contributed by atoms with E-state index in [9.17, 15) is 10.1 Å². The second-order valence-electron chi connectivity index (χ2n) is 5.85. The van der Waals surface area contributed by atoms with E-state index in [0.717, 1.165) is 11.1 Å². The molecular formula is C18H15Cl2N5O2. The third-order valence-electron chi connectivity index (χ3n) is 3.89. The number of anilines is 4. The Morgan fingerprint density at radius 3 is 1.70 bits per heavy atom. The lowest BCUT2D eigenvalue weighted by atomic mass is 10.2. The summed E-state index contributed by atoms with van der Waals surface area (Å²) in [6.07, 6.45) is 1.26. The molecule has 0 saturated carbocycles. The number of aromatic nitrogens is 2. The summed E-state index contributed by atoms with van der Waals surface area (Å²) < 4.78 is 0. The Hall–Kier alpha value is -2.90. The van der Waals surface area contributed by atoms with Crippen molar-refractivity contribution in [2.45, 2.75) is 13.8 Å². The van der Waals surface area contributed by atoms with E-state index in [-0.39, 0.29) is 17.3 Å². The Bertz CT molecular complexity index is 955. The number of halogens is 2. The highest BCUT2D eigenvalue weighted by atomic mass is 35.5. The van der Waals surface area contributed by atoms with Crippen LogP contribution in [0.4, 0.5) is 28.7 Å². The zero-order valence-corrected chi connectivity index (χ0v) is 16.0. The van der Waals surface area contributed by atoms with E-state index in [1.54, 1.807) is 36.4 Å².